The van der Waals surface area contributed by atoms with E-state index in [1.54, 1.807) is 24.3 Å². The van der Waals surface area contributed by atoms with Crippen molar-refractivity contribution in [2.45, 2.75) is 6.18 Å². The van der Waals surface area contributed by atoms with Crippen LogP contribution in [0.4, 0.5) is 13.2 Å². The van der Waals surface area contributed by atoms with E-state index in [1.807, 2.05) is 0 Å². The molecular formula is C14H10ClF3N2O2. The zero-order chi connectivity index (χ0) is 16.2. The molecule has 1 heterocycles. The maximum atomic E-state index is 12.5. The quantitative estimate of drug-likeness (QED) is 0.611. The molecule has 0 N–H and O–H groups in total. The molecule has 0 fully saturated rings. The van der Waals surface area contributed by atoms with Crippen LogP contribution >= 0.6 is 11.6 Å². The molecule has 8 heteroatoms. The Labute approximate surface area is 129 Å². The fraction of sp³-hybridized carbons (Fsp3) is 0.143. The SMILES string of the molecule is CON=Cc1ccc(Oc2ncc(C(F)(F)F)cc2Cl)cc1. The van der Waals surface area contributed by atoms with E-state index in [0.29, 0.717) is 11.9 Å². The fourth-order valence-electron chi connectivity index (χ4n) is 1.50. The van der Waals surface area contributed by atoms with Crippen molar-refractivity contribution in [3.63, 3.8) is 0 Å². The largest absolute Gasteiger partial charge is 0.438 e. The minimum absolute atomic E-state index is 0.104. The van der Waals surface area contributed by atoms with E-state index in [9.17, 15) is 13.2 Å². The third kappa shape index (κ3) is 4.11. The van der Waals surface area contributed by atoms with Gasteiger partial charge in [0.1, 0.15) is 17.9 Å². The van der Waals surface area contributed by atoms with Crippen molar-refractivity contribution < 1.29 is 22.7 Å². The third-order valence-corrected chi connectivity index (χ3v) is 2.81. The first-order valence-electron chi connectivity index (χ1n) is 5.97. The summed E-state index contributed by atoms with van der Waals surface area (Å²) in [6.45, 7) is 0. The molecule has 0 unspecified atom stereocenters. The molecule has 0 aliphatic heterocycles. The van der Waals surface area contributed by atoms with Gasteiger partial charge in [-0.2, -0.15) is 13.2 Å². The Hall–Kier alpha value is -2.28. The highest BCUT2D eigenvalue weighted by Crippen LogP contribution is 2.34. The molecule has 0 aliphatic rings. The summed E-state index contributed by atoms with van der Waals surface area (Å²) in [7, 11) is 1.42. The number of hydrogen-bond acceptors (Lipinski definition) is 4. The molecule has 4 nitrogen and oxygen atoms in total. The Morgan fingerprint density at radius 2 is 1.91 bits per heavy atom. The summed E-state index contributed by atoms with van der Waals surface area (Å²) >= 11 is 5.76. The number of alkyl halides is 3. The van der Waals surface area contributed by atoms with Gasteiger partial charge in [0.05, 0.1) is 11.8 Å². The van der Waals surface area contributed by atoms with Crippen LogP contribution in [0.3, 0.4) is 0 Å². The molecule has 1 aromatic heterocycles. The lowest BCUT2D eigenvalue weighted by Gasteiger charge is -2.10. The summed E-state index contributed by atoms with van der Waals surface area (Å²) in [5.74, 6) is 0.275. The number of hydrogen-bond donors (Lipinski definition) is 0. The summed E-state index contributed by atoms with van der Waals surface area (Å²) in [6.07, 6.45) is -2.34. The molecule has 116 valence electrons. The van der Waals surface area contributed by atoms with Gasteiger partial charge < -0.3 is 9.57 Å². The number of nitrogens with zero attached hydrogens (tertiary/aromatic N) is 2. The predicted octanol–water partition coefficient (Wildman–Crippen LogP) is 4.53. The van der Waals surface area contributed by atoms with E-state index in [-0.39, 0.29) is 10.9 Å². The van der Waals surface area contributed by atoms with Crippen molar-refractivity contribution in [2.75, 3.05) is 7.11 Å². The summed E-state index contributed by atoms with van der Waals surface area (Å²) < 4.78 is 42.9. The second-order valence-corrected chi connectivity index (χ2v) is 4.50. The first-order chi connectivity index (χ1) is 10.4. The minimum Gasteiger partial charge on any atom is -0.438 e. The maximum Gasteiger partial charge on any atom is 0.417 e. The van der Waals surface area contributed by atoms with Gasteiger partial charge in [-0.3, -0.25) is 0 Å². The number of aromatic nitrogens is 1. The number of ether oxygens (including phenoxy) is 1. The van der Waals surface area contributed by atoms with Gasteiger partial charge in [-0.05, 0) is 35.9 Å². The van der Waals surface area contributed by atoms with Crippen LogP contribution in [0.2, 0.25) is 5.02 Å². The first kappa shape index (κ1) is 16.1. The van der Waals surface area contributed by atoms with Gasteiger partial charge in [-0.15, -0.1) is 0 Å². The van der Waals surface area contributed by atoms with Gasteiger partial charge in [0.15, 0.2) is 0 Å². The molecule has 2 rings (SSSR count). The van der Waals surface area contributed by atoms with Crippen LogP contribution in [0, 0.1) is 0 Å². The van der Waals surface area contributed by atoms with Crippen LogP contribution in [-0.2, 0) is 11.0 Å². The zero-order valence-corrected chi connectivity index (χ0v) is 12.0. The molecular weight excluding hydrogens is 321 g/mol. The Balaban J connectivity index is 2.15. The Morgan fingerprint density at radius 1 is 1.23 bits per heavy atom. The second-order valence-electron chi connectivity index (χ2n) is 4.10. The monoisotopic (exact) mass is 330 g/mol. The average Bonchev–Trinajstić information content (AvgIpc) is 2.47. The van der Waals surface area contributed by atoms with E-state index in [1.165, 1.54) is 13.3 Å². The maximum absolute atomic E-state index is 12.5. The number of benzene rings is 1. The van der Waals surface area contributed by atoms with Crippen LogP contribution < -0.4 is 4.74 Å². The summed E-state index contributed by atoms with van der Waals surface area (Å²) in [5, 5.41) is 3.37. The second kappa shape index (κ2) is 6.65. The van der Waals surface area contributed by atoms with E-state index in [0.717, 1.165) is 11.6 Å². The van der Waals surface area contributed by atoms with Crippen LogP contribution in [0.1, 0.15) is 11.1 Å². The van der Waals surface area contributed by atoms with Gasteiger partial charge in [0, 0.05) is 6.20 Å². The predicted molar refractivity (Wildman–Crippen MR) is 75.4 cm³/mol. The lowest BCUT2D eigenvalue weighted by Crippen LogP contribution is -2.05. The highest BCUT2D eigenvalue weighted by Gasteiger charge is 2.31. The molecule has 0 saturated heterocycles. The fourth-order valence-corrected chi connectivity index (χ4v) is 1.71. The topological polar surface area (TPSA) is 43.7 Å². The van der Waals surface area contributed by atoms with Crippen molar-refractivity contribution >= 4 is 17.8 Å². The number of rotatable bonds is 4. The third-order valence-electron chi connectivity index (χ3n) is 2.54. The van der Waals surface area contributed by atoms with Gasteiger partial charge in [0.2, 0.25) is 5.88 Å². The summed E-state index contributed by atoms with van der Waals surface area (Å²) in [4.78, 5) is 8.14. The highest BCUT2D eigenvalue weighted by atomic mass is 35.5. The molecule has 0 amide bonds. The Kier molecular flexibility index (Phi) is 4.87. The molecule has 0 radical (unpaired) electrons. The molecule has 0 saturated carbocycles. The van der Waals surface area contributed by atoms with E-state index < -0.39 is 11.7 Å². The number of halogens is 4. The zero-order valence-electron chi connectivity index (χ0n) is 11.3. The first-order valence-corrected chi connectivity index (χ1v) is 6.35. The van der Waals surface area contributed by atoms with Gasteiger partial charge >= 0.3 is 6.18 Å². The molecule has 0 bridgehead atoms. The minimum atomic E-state index is -4.50. The van der Waals surface area contributed by atoms with E-state index in [2.05, 4.69) is 15.0 Å². The lowest BCUT2D eigenvalue weighted by molar-refractivity contribution is -0.137. The Morgan fingerprint density at radius 3 is 2.45 bits per heavy atom. The molecule has 0 spiro atoms. The highest BCUT2D eigenvalue weighted by molar-refractivity contribution is 6.31. The lowest BCUT2D eigenvalue weighted by atomic mass is 10.2. The Bertz CT molecular complexity index is 673. The standard InChI is InChI=1S/C14H10ClF3N2O2/c1-21-20-7-9-2-4-11(5-3-9)22-13-12(15)6-10(8-19-13)14(16,17)18/h2-8H,1H3. The van der Waals surface area contributed by atoms with Crippen molar-refractivity contribution in [1.29, 1.82) is 0 Å². The van der Waals surface area contributed by atoms with Gasteiger partial charge in [0.25, 0.3) is 0 Å². The van der Waals surface area contributed by atoms with Crippen LogP contribution in [-0.4, -0.2) is 18.3 Å². The summed E-state index contributed by atoms with van der Waals surface area (Å²) in [5.41, 5.74) is -0.170. The molecule has 0 atom stereocenters. The molecule has 0 aliphatic carbocycles. The average molecular weight is 331 g/mol. The van der Waals surface area contributed by atoms with Crippen molar-refractivity contribution in [3.8, 4) is 11.6 Å². The normalized spacial score (nSPS) is 11.7. The van der Waals surface area contributed by atoms with E-state index >= 15 is 0 Å². The molecule has 1 aromatic carbocycles. The van der Waals surface area contributed by atoms with Crippen molar-refractivity contribution in [3.05, 3.63) is 52.7 Å². The number of pyridine rings is 1. The van der Waals surface area contributed by atoms with Crippen LogP contribution in [0.25, 0.3) is 0 Å². The molecule has 2 aromatic rings. The summed E-state index contributed by atoms with van der Waals surface area (Å²) in [6, 6.07) is 7.36. The molecule has 22 heavy (non-hydrogen) atoms. The number of oxime groups is 1. The van der Waals surface area contributed by atoms with Gasteiger partial charge in [-0.1, -0.05) is 16.8 Å². The van der Waals surface area contributed by atoms with Crippen LogP contribution in [0.15, 0.2) is 41.7 Å². The van der Waals surface area contributed by atoms with Crippen LogP contribution in [0.5, 0.6) is 11.6 Å². The smallest absolute Gasteiger partial charge is 0.417 e. The van der Waals surface area contributed by atoms with Crippen molar-refractivity contribution in [1.82, 2.24) is 4.98 Å². The van der Waals surface area contributed by atoms with Crippen molar-refractivity contribution in [2.24, 2.45) is 5.16 Å². The van der Waals surface area contributed by atoms with E-state index in [4.69, 9.17) is 16.3 Å². The van der Waals surface area contributed by atoms with Gasteiger partial charge in [-0.25, -0.2) is 4.98 Å².